The smallest absolute Gasteiger partial charge is 0.258 e. The van der Waals surface area contributed by atoms with Crippen LogP contribution in [0, 0.1) is 12.8 Å². The van der Waals surface area contributed by atoms with Gasteiger partial charge in [0.2, 0.25) is 0 Å². The Morgan fingerprint density at radius 3 is 2.74 bits per heavy atom. The van der Waals surface area contributed by atoms with Gasteiger partial charge in [0.05, 0.1) is 17.3 Å². The first-order chi connectivity index (χ1) is 16.7. The van der Waals surface area contributed by atoms with Gasteiger partial charge in [-0.1, -0.05) is 34.6 Å². The Morgan fingerprint density at radius 1 is 1.12 bits per heavy atom. The predicted octanol–water partition coefficient (Wildman–Crippen LogP) is 4.46. The number of piperidine rings is 1. The monoisotopic (exact) mass is 457 g/mol. The van der Waals surface area contributed by atoms with E-state index in [2.05, 4.69) is 43.6 Å². The van der Waals surface area contributed by atoms with Gasteiger partial charge in [-0.25, -0.2) is 4.63 Å². The maximum Gasteiger partial charge on any atom is 0.258 e. The molecule has 8 heteroatoms. The van der Waals surface area contributed by atoms with Gasteiger partial charge in [-0.2, -0.15) is 5.10 Å². The number of ether oxygens (including phenoxy) is 1. The highest BCUT2D eigenvalue weighted by atomic mass is 16.6. The van der Waals surface area contributed by atoms with Gasteiger partial charge in [-0.15, -0.1) is 0 Å². The summed E-state index contributed by atoms with van der Waals surface area (Å²) in [5, 5.41) is 16.1. The molecule has 2 fully saturated rings. The van der Waals surface area contributed by atoms with E-state index in [0.717, 1.165) is 37.6 Å². The Morgan fingerprint density at radius 2 is 1.94 bits per heavy atom. The van der Waals surface area contributed by atoms with Crippen LogP contribution in [0.1, 0.15) is 53.0 Å². The molecule has 0 spiro atoms. The number of nitrogens with one attached hydrogen (secondary N) is 1. The second kappa shape index (κ2) is 8.59. The molecule has 0 radical (unpaired) electrons. The molecular weight excluding hydrogens is 430 g/mol. The number of amides is 1. The number of carbonyl (C=O) groups is 1. The van der Waals surface area contributed by atoms with Crippen molar-refractivity contribution in [3.8, 4) is 5.75 Å². The summed E-state index contributed by atoms with van der Waals surface area (Å²) in [7, 11) is 0. The lowest BCUT2D eigenvalue weighted by molar-refractivity contribution is 0.0520. The van der Waals surface area contributed by atoms with E-state index in [1.165, 1.54) is 10.9 Å². The predicted molar refractivity (Wildman–Crippen MR) is 125 cm³/mol. The Bertz CT molecular complexity index is 1310. The van der Waals surface area contributed by atoms with Crippen LogP contribution in [-0.2, 0) is 13.0 Å². The quantitative estimate of drug-likeness (QED) is 0.459. The summed E-state index contributed by atoms with van der Waals surface area (Å²) in [5.41, 5.74) is 4.36. The van der Waals surface area contributed by atoms with Crippen molar-refractivity contribution >= 4 is 16.8 Å². The van der Waals surface area contributed by atoms with Crippen molar-refractivity contribution in [2.45, 2.75) is 57.7 Å². The van der Waals surface area contributed by atoms with E-state index in [1.807, 2.05) is 37.4 Å². The number of fused-ring (bicyclic) bond motifs is 3. The Hall–Kier alpha value is -3.68. The van der Waals surface area contributed by atoms with Gasteiger partial charge in [0.15, 0.2) is 0 Å². The zero-order valence-electron chi connectivity index (χ0n) is 19.1. The van der Waals surface area contributed by atoms with Crippen molar-refractivity contribution in [2.24, 2.45) is 5.92 Å². The first-order valence-electron chi connectivity index (χ1n) is 11.9. The molecule has 2 aromatic heterocycles. The van der Waals surface area contributed by atoms with Crippen LogP contribution in [-0.4, -0.2) is 43.4 Å². The molecule has 174 valence electrons. The standard InChI is InChI=1S/C26H27N5O3/c1-16-24(30-34-29-16)15-33-25-8-3-2-6-21(25)26(32)31-19-9-10-20(31)13-17(12-19)11-18-5-4-7-23-22(18)14-27-28-23/h2-8,14,17,19-20H,9-13,15H2,1H3,(H,27,28)/t19-,20-/m0/s1. The minimum atomic E-state index is 0.0634. The lowest BCUT2D eigenvalue weighted by Gasteiger charge is -2.39. The van der Waals surface area contributed by atoms with E-state index in [0.29, 0.717) is 28.6 Å². The number of hydrogen-bond acceptors (Lipinski definition) is 6. The summed E-state index contributed by atoms with van der Waals surface area (Å²) >= 11 is 0. The normalized spacial score (nSPS) is 21.8. The number of hydrogen-bond donors (Lipinski definition) is 1. The molecule has 8 nitrogen and oxygen atoms in total. The van der Waals surface area contributed by atoms with Crippen LogP contribution in [0.2, 0.25) is 0 Å². The fraction of sp³-hybridized carbons (Fsp3) is 0.385. The molecule has 2 atom stereocenters. The molecule has 1 amide bonds. The molecule has 0 saturated carbocycles. The van der Waals surface area contributed by atoms with Crippen molar-refractivity contribution in [1.29, 1.82) is 0 Å². The summed E-state index contributed by atoms with van der Waals surface area (Å²) in [6.45, 7) is 2.04. The summed E-state index contributed by atoms with van der Waals surface area (Å²) in [5.74, 6) is 1.20. The van der Waals surface area contributed by atoms with E-state index in [-0.39, 0.29) is 24.6 Å². The van der Waals surface area contributed by atoms with Crippen LogP contribution in [0.25, 0.3) is 10.9 Å². The molecule has 2 aliphatic rings. The molecule has 2 aliphatic heterocycles. The molecule has 2 saturated heterocycles. The molecule has 0 aliphatic carbocycles. The number of rotatable bonds is 6. The van der Waals surface area contributed by atoms with E-state index >= 15 is 0 Å². The minimum Gasteiger partial charge on any atom is -0.486 e. The summed E-state index contributed by atoms with van der Waals surface area (Å²) < 4.78 is 10.7. The van der Waals surface area contributed by atoms with Crippen LogP contribution in [0.4, 0.5) is 0 Å². The summed E-state index contributed by atoms with van der Waals surface area (Å²) in [6, 6.07) is 14.4. The number of carbonyl (C=O) groups excluding carboxylic acids is 1. The van der Waals surface area contributed by atoms with Crippen molar-refractivity contribution in [3.05, 3.63) is 71.2 Å². The summed E-state index contributed by atoms with van der Waals surface area (Å²) in [4.78, 5) is 15.8. The van der Waals surface area contributed by atoms with Gasteiger partial charge < -0.3 is 9.64 Å². The zero-order chi connectivity index (χ0) is 23.1. The topological polar surface area (TPSA) is 97.1 Å². The van der Waals surface area contributed by atoms with Crippen molar-refractivity contribution in [3.63, 3.8) is 0 Å². The number of aromatic nitrogens is 4. The van der Waals surface area contributed by atoms with Gasteiger partial charge in [-0.05, 0) is 68.7 Å². The number of aromatic amines is 1. The lowest BCUT2D eigenvalue weighted by atomic mass is 9.85. The number of aryl methyl sites for hydroxylation is 1. The number of H-pyrrole nitrogens is 1. The number of nitrogens with zero attached hydrogens (tertiary/aromatic N) is 4. The molecule has 2 bridgehead atoms. The Kier molecular flexibility index (Phi) is 5.28. The van der Waals surface area contributed by atoms with Crippen LogP contribution in [0.15, 0.2) is 53.3 Å². The average Bonchev–Trinajstić information content (AvgIpc) is 3.56. The van der Waals surface area contributed by atoms with E-state index in [9.17, 15) is 4.79 Å². The first kappa shape index (κ1) is 20.9. The maximum atomic E-state index is 13.7. The minimum absolute atomic E-state index is 0.0634. The van der Waals surface area contributed by atoms with Gasteiger partial charge >= 0.3 is 0 Å². The second-order valence-electron chi connectivity index (χ2n) is 9.47. The van der Waals surface area contributed by atoms with Crippen LogP contribution < -0.4 is 4.74 Å². The summed E-state index contributed by atoms with van der Waals surface area (Å²) in [6.07, 6.45) is 7.14. The highest BCUT2D eigenvalue weighted by Crippen LogP contribution is 2.42. The molecule has 34 heavy (non-hydrogen) atoms. The van der Waals surface area contributed by atoms with Crippen molar-refractivity contribution in [1.82, 2.24) is 25.4 Å². The van der Waals surface area contributed by atoms with E-state index in [1.54, 1.807) is 0 Å². The molecule has 0 unspecified atom stereocenters. The van der Waals surface area contributed by atoms with Gasteiger partial charge in [0, 0.05) is 17.5 Å². The van der Waals surface area contributed by atoms with Crippen LogP contribution in [0.3, 0.4) is 0 Å². The highest BCUT2D eigenvalue weighted by Gasteiger charge is 2.43. The molecule has 1 N–H and O–H groups in total. The molecule has 6 rings (SSSR count). The van der Waals surface area contributed by atoms with Crippen molar-refractivity contribution < 1.29 is 14.2 Å². The van der Waals surface area contributed by atoms with Gasteiger partial charge in [0.1, 0.15) is 23.7 Å². The maximum absolute atomic E-state index is 13.7. The first-order valence-corrected chi connectivity index (χ1v) is 11.9. The highest BCUT2D eigenvalue weighted by molar-refractivity contribution is 5.97. The van der Waals surface area contributed by atoms with E-state index < -0.39 is 0 Å². The number of benzene rings is 2. The number of para-hydroxylation sites is 1. The second-order valence-corrected chi connectivity index (χ2v) is 9.47. The Labute approximate surface area is 197 Å². The lowest BCUT2D eigenvalue weighted by Crippen LogP contribution is -2.47. The SMILES string of the molecule is Cc1nonc1COc1ccccc1C(=O)N1[C@H]2CC[C@H]1CC(Cc1cccc3[nH]ncc13)C2. The zero-order valence-corrected chi connectivity index (χ0v) is 19.1. The molecule has 4 heterocycles. The van der Waals surface area contributed by atoms with Crippen LogP contribution in [0.5, 0.6) is 5.75 Å². The third-order valence-electron chi connectivity index (χ3n) is 7.38. The Balaban J connectivity index is 1.18. The molecule has 2 aromatic carbocycles. The third kappa shape index (κ3) is 3.73. The average molecular weight is 458 g/mol. The van der Waals surface area contributed by atoms with Gasteiger partial charge in [-0.3, -0.25) is 9.89 Å². The van der Waals surface area contributed by atoms with Crippen LogP contribution >= 0.6 is 0 Å². The fourth-order valence-electron chi connectivity index (χ4n) is 5.74. The molecular formula is C26H27N5O3. The fourth-order valence-corrected chi connectivity index (χ4v) is 5.74. The third-order valence-corrected chi connectivity index (χ3v) is 7.38. The molecule has 4 aromatic rings. The van der Waals surface area contributed by atoms with Crippen molar-refractivity contribution in [2.75, 3.05) is 0 Å². The largest absolute Gasteiger partial charge is 0.486 e. The van der Waals surface area contributed by atoms with E-state index in [4.69, 9.17) is 9.37 Å². The van der Waals surface area contributed by atoms with Gasteiger partial charge in [0.25, 0.3) is 5.91 Å².